The Balaban J connectivity index is 1.49. The molecule has 2 heteroatoms. The minimum absolute atomic E-state index is 0.749. The SMILES string of the molecule is CN(CCC1CCCCN1)CC1CCCc2ccccc21. The Labute approximate surface area is 129 Å². The van der Waals surface area contributed by atoms with Crippen LogP contribution < -0.4 is 5.32 Å². The van der Waals surface area contributed by atoms with E-state index in [0.29, 0.717) is 0 Å². The second-order valence-electron chi connectivity index (χ2n) is 6.99. The molecule has 1 N–H and O–H groups in total. The Kier molecular flexibility index (Phi) is 5.32. The minimum atomic E-state index is 0.749. The number of aryl methyl sites for hydroxylation is 1. The van der Waals surface area contributed by atoms with Crippen molar-refractivity contribution in [1.29, 1.82) is 0 Å². The fourth-order valence-corrected chi connectivity index (χ4v) is 4.06. The van der Waals surface area contributed by atoms with Crippen LogP contribution in [0, 0.1) is 0 Å². The van der Waals surface area contributed by atoms with Crippen molar-refractivity contribution in [2.75, 3.05) is 26.7 Å². The monoisotopic (exact) mass is 286 g/mol. The molecule has 1 aliphatic carbocycles. The number of benzene rings is 1. The van der Waals surface area contributed by atoms with Crippen LogP contribution in [0.1, 0.15) is 55.6 Å². The van der Waals surface area contributed by atoms with Crippen LogP contribution in [-0.4, -0.2) is 37.6 Å². The number of nitrogens with one attached hydrogen (secondary N) is 1. The first-order valence-electron chi connectivity index (χ1n) is 8.82. The molecule has 2 aliphatic rings. The van der Waals surface area contributed by atoms with Crippen LogP contribution in [-0.2, 0) is 6.42 Å². The van der Waals surface area contributed by atoms with Gasteiger partial charge in [0.15, 0.2) is 0 Å². The first kappa shape index (κ1) is 15.1. The lowest BCUT2D eigenvalue weighted by Crippen LogP contribution is -2.37. The summed E-state index contributed by atoms with van der Waals surface area (Å²) in [6.45, 7) is 3.68. The smallest absolute Gasteiger partial charge is 0.00792 e. The zero-order valence-electron chi connectivity index (χ0n) is 13.5. The second-order valence-corrected chi connectivity index (χ2v) is 6.99. The molecule has 1 fully saturated rings. The largest absolute Gasteiger partial charge is 0.314 e. The first-order valence-corrected chi connectivity index (χ1v) is 8.82. The van der Waals surface area contributed by atoms with Gasteiger partial charge in [-0.15, -0.1) is 0 Å². The van der Waals surface area contributed by atoms with Crippen LogP contribution >= 0.6 is 0 Å². The van der Waals surface area contributed by atoms with Crippen molar-refractivity contribution in [3.8, 4) is 0 Å². The minimum Gasteiger partial charge on any atom is -0.314 e. The number of hydrogen-bond donors (Lipinski definition) is 1. The van der Waals surface area contributed by atoms with Gasteiger partial charge in [0.2, 0.25) is 0 Å². The lowest BCUT2D eigenvalue weighted by atomic mass is 9.82. The molecule has 116 valence electrons. The summed E-state index contributed by atoms with van der Waals surface area (Å²) in [5.74, 6) is 0.749. The Morgan fingerprint density at radius 3 is 2.90 bits per heavy atom. The predicted octanol–water partition coefficient (Wildman–Crippen LogP) is 3.57. The standard InChI is InChI=1S/C19H30N2/c1-21(14-12-18-10-4-5-13-20-18)15-17-9-6-8-16-7-2-3-11-19(16)17/h2-3,7,11,17-18,20H,4-6,8-10,12-15H2,1H3. The van der Waals surface area contributed by atoms with Crippen molar-refractivity contribution in [2.24, 2.45) is 0 Å². The molecular weight excluding hydrogens is 256 g/mol. The third-order valence-electron chi connectivity index (χ3n) is 5.30. The van der Waals surface area contributed by atoms with Gasteiger partial charge in [-0.2, -0.15) is 0 Å². The van der Waals surface area contributed by atoms with E-state index in [9.17, 15) is 0 Å². The summed E-state index contributed by atoms with van der Waals surface area (Å²) in [5.41, 5.74) is 3.21. The molecule has 0 aromatic heterocycles. The highest BCUT2D eigenvalue weighted by molar-refractivity contribution is 5.32. The van der Waals surface area contributed by atoms with Crippen LogP contribution in [0.4, 0.5) is 0 Å². The third kappa shape index (κ3) is 4.08. The molecule has 1 aliphatic heterocycles. The number of likely N-dealkylation sites (N-methyl/N-ethyl adjacent to an activating group) is 1. The van der Waals surface area contributed by atoms with Gasteiger partial charge in [0.1, 0.15) is 0 Å². The zero-order chi connectivity index (χ0) is 14.5. The maximum atomic E-state index is 3.67. The molecule has 0 saturated carbocycles. The van der Waals surface area contributed by atoms with E-state index < -0.39 is 0 Å². The molecule has 2 nitrogen and oxygen atoms in total. The highest BCUT2D eigenvalue weighted by Gasteiger charge is 2.21. The topological polar surface area (TPSA) is 15.3 Å². The van der Waals surface area contributed by atoms with E-state index in [-0.39, 0.29) is 0 Å². The van der Waals surface area contributed by atoms with Gasteiger partial charge in [0.25, 0.3) is 0 Å². The van der Waals surface area contributed by atoms with Gasteiger partial charge in [-0.05, 0) is 75.7 Å². The summed E-state index contributed by atoms with van der Waals surface area (Å²) in [7, 11) is 2.31. The lowest BCUT2D eigenvalue weighted by Gasteiger charge is -2.31. The van der Waals surface area contributed by atoms with E-state index in [1.807, 2.05) is 0 Å². The second kappa shape index (κ2) is 7.42. The highest BCUT2D eigenvalue weighted by atomic mass is 15.1. The van der Waals surface area contributed by atoms with Crippen molar-refractivity contribution in [3.05, 3.63) is 35.4 Å². The molecule has 2 atom stereocenters. The summed E-state index contributed by atoms with van der Waals surface area (Å²) in [6, 6.07) is 9.85. The van der Waals surface area contributed by atoms with Crippen molar-refractivity contribution >= 4 is 0 Å². The Bertz CT molecular complexity index is 437. The van der Waals surface area contributed by atoms with E-state index in [4.69, 9.17) is 0 Å². The van der Waals surface area contributed by atoms with E-state index >= 15 is 0 Å². The summed E-state index contributed by atoms with van der Waals surface area (Å²) in [4.78, 5) is 2.56. The number of rotatable bonds is 5. The van der Waals surface area contributed by atoms with Gasteiger partial charge in [-0.1, -0.05) is 30.7 Å². The normalized spacial score (nSPS) is 25.8. The summed E-state index contributed by atoms with van der Waals surface area (Å²) >= 11 is 0. The maximum absolute atomic E-state index is 3.67. The Morgan fingerprint density at radius 1 is 1.14 bits per heavy atom. The predicted molar refractivity (Wildman–Crippen MR) is 89.9 cm³/mol. The number of piperidine rings is 1. The number of fused-ring (bicyclic) bond motifs is 1. The van der Waals surface area contributed by atoms with Gasteiger partial charge < -0.3 is 10.2 Å². The van der Waals surface area contributed by atoms with Crippen LogP contribution in [0.2, 0.25) is 0 Å². The van der Waals surface area contributed by atoms with Crippen LogP contribution in [0.15, 0.2) is 24.3 Å². The molecule has 2 unspecified atom stereocenters. The lowest BCUT2D eigenvalue weighted by molar-refractivity contribution is 0.266. The van der Waals surface area contributed by atoms with E-state index in [1.54, 1.807) is 11.1 Å². The molecule has 0 amide bonds. The van der Waals surface area contributed by atoms with Crippen LogP contribution in [0.5, 0.6) is 0 Å². The quantitative estimate of drug-likeness (QED) is 0.890. The zero-order valence-corrected chi connectivity index (χ0v) is 13.5. The fraction of sp³-hybridized carbons (Fsp3) is 0.684. The first-order chi connectivity index (χ1) is 10.3. The number of nitrogens with zero attached hydrogens (tertiary/aromatic N) is 1. The molecule has 1 aromatic carbocycles. The van der Waals surface area contributed by atoms with Crippen molar-refractivity contribution < 1.29 is 0 Å². The average molecular weight is 286 g/mol. The highest BCUT2D eigenvalue weighted by Crippen LogP contribution is 2.31. The molecule has 1 saturated heterocycles. The Morgan fingerprint density at radius 2 is 2.05 bits per heavy atom. The van der Waals surface area contributed by atoms with Crippen molar-refractivity contribution in [3.63, 3.8) is 0 Å². The average Bonchev–Trinajstić information content (AvgIpc) is 2.54. The maximum Gasteiger partial charge on any atom is 0.00792 e. The van der Waals surface area contributed by atoms with Gasteiger partial charge in [0.05, 0.1) is 0 Å². The summed E-state index contributed by atoms with van der Waals surface area (Å²) in [5, 5.41) is 3.67. The molecule has 0 spiro atoms. The van der Waals surface area contributed by atoms with Gasteiger partial charge in [-0.25, -0.2) is 0 Å². The molecule has 21 heavy (non-hydrogen) atoms. The third-order valence-corrected chi connectivity index (χ3v) is 5.30. The molecule has 3 rings (SSSR count). The molecule has 1 aromatic rings. The van der Waals surface area contributed by atoms with E-state index in [1.165, 1.54) is 64.6 Å². The Hall–Kier alpha value is -0.860. The molecule has 1 heterocycles. The van der Waals surface area contributed by atoms with Crippen molar-refractivity contribution in [1.82, 2.24) is 10.2 Å². The van der Waals surface area contributed by atoms with E-state index in [0.717, 1.165) is 12.0 Å². The molecule has 0 bridgehead atoms. The van der Waals surface area contributed by atoms with Crippen LogP contribution in [0.3, 0.4) is 0 Å². The van der Waals surface area contributed by atoms with Gasteiger partial charge in [0, 0.05) is 12.6 Å². The van der Waals surface area contributed by atoms with E-state index in [2.05, 4.69) is 41.5 Å². The fourth-order valence-electron chi connectivity index (χ4n) is 4.06. The van der Waals surface area contributed by atoms with Gasteiger partial charge in [-0.3, -0.25) is 0 Å². The molecule has 0 radical (unpaired) electrons. The van der Waals surface area contributed by atoms with Crippen molar-refractivity contribution in [2.45, 2.75) is 56.9 Å². The van der Waals surface area contributed by atoms with Gasteiger partial charge >= 0.3 is 0 Å². The molecular formula is C19H30N2. The van der Waals surface area contributed by atoms with Crippen LogP contribution in [0.25, 0.3) is 0 Å². The summed E-state index contributed by atoms with van der Waals surface area (Å²) < 4.78 is 0. The number of hydrogen-bond acceptors (Lipinski definition) is 2. The summed E-state index contributed by atoms with van der Waals surface area (Å²) in [6.07, 6.45) is 9.47.